The predicted octanol–water partition coefficient (Wildman–Crippen LogP) is 6.82. The van der Waals surface area contributed by atoms with Crippen LogP contribution < -0.4 is 28.4 Å². The Morgan fingerprint density at radius 1 is 0.763 bits per heavy atom. The first-order valence-electron chi connectivity index (χ1n) is 29.2. The number of carbonyl (C=O) groups is 2. The molecule has 22 nitrogen and oxygen atoms in total. The summed E-state index contributed by atoms with van der Waals surface area (Å²) in [4.78, 5) is 37.5. The lowest BCUT2D eigenvalue weighted by Gasteiger charge is -2.34. The molecule has 0 bridgehead atoms. The molecule has 76 heavy (non-hydrogen) atoms. The molecule has 2 aliphatic rings. The number of amides is 2. The van der Waals surface area contributed by atoms with Crippen molar-refractivity contribution in [2.75, 3.05) is 35.4 Å². The summed E-state index contributed by atoms with van der Waals surface area (Å²) < 4.78 is 159. The first kappa shape index (κ1) is 44.7. The van der Waals surface area contributed by atoms with Crippen LogP contribution in [-0.4, -0.2) is 126 Å². The van der Waals surface area contributed by atoms with Crippen molar-refractivity contribution >= 4 is 59.8 Å². The fourth-order valence-electron chi connectivity index (χ4n) is 8.27. The number of aromatic nitrogens is 10. The fourth-order valence-corrected chi connectivity index (χ4v) is 13.7. The lowest BCUT2D eigenvalue weighted by molar-refractivity contribution is 0.0972. The van der Waals surface area contributed by atoms with E-state index in [4.69, 9.17) is 23.2 Å². The molecular weight excluding hydrogens is 1040 g/mol. The van der Waals surface area contributed by atoms with Gasteiger partial charge in [0.05, 0.1) is 43.4 Å². The van der Waals surface area contributed by atoms with E-state index in [0.29, 0.717) is 24.6 Å². The van der Waals surface area contributed by atoms with E-state index in [2.05, 4.69) is 59.4 Å². The molecule has 8 rings (SSSR count). The first-order valence-corrected chi connectivity index (χ1v) is 33.8. The van der Waals surface area contributed by atoms with Crippen molar-refractivity contribution < 1.29 is 49.6 Å². The van der Waals surface area contributed by atoms with Gasteiger partial charge in [0, 0.05) is 83.4 Å². The summed E-state index contributed by atoms with van der Waals surface area (Å²) in [6, 6.07) is 8.98. The minimum atomic E-state index is -4.34. The number of hydrogen-bond donors (Lipinski definition) is 2. The number of carbonyl (C=O) groups excluding carboxylic acids is 2. The molecule has 2 amide bonds. The monoisotopic (exact) mass is 1130 g/mol. The zero-order valence-corrected chi connectivity index (χ0v) is 48.8. The van der Waals surface area contributed by atoms with E-state index in [-0.39, 0.29) is 74.1 Å². The summed E-state index contributed by atoms with van der Waals surface area (Å²) in [5.41, 5.74) is -1.53. The third-order valence-corrected chi connectivity index (χ3v) is 18.4. The van der Waals surface area contributed by atoms with E-state index in [1.165, 1.54) is 88.0 Å². The summed E-state index contributed by atoms with van der Waals surface area (Å²) in [7, 11) is -10.4. The Morgan fingerprint density at radius 2 is 1.25 bits per heavy atom. The van der Waals surface area contributed by atoms with E-state index in [1.807, 2.05) is 20.8 Å². The normalized spacial score (nSPS) is 21.2. The molecule has 0 radical (unpaired) electrons. The standard InChI is InChI=1S/2C25H37N7O4SSi/c1-17-13-32(38(7,8)15-17)23-19(24(33)29-37(34,35)20-14-30(6)27-18(20)2)9-10-21(26-23)31-12-11-22(28-31)36-16-25(3,4)5;1-17-13-25(3,4)31(14-17)23-19(24(33)29-37(34,35)20-15-30(5)27-18(20)2)9-10-21(26-23)32-12-11-22(28-32)36-16-38(6,7)8/h9-12,14,17H,13,15-16H2,1-8H3,(H,29,33);9-12,15,17H,13-14,16H2,1-8H3,(H,29,33)/t2*17-/m10/s1/i1D3,15D2;1D3,13D2. The van der Waals surface area contributed by atoms with Crippen LogP contribution >= 0.6 is 0 Å². The molecule has 2 aliphatic heterocycles. The van der Waals surface area contributed by atoms with Crippen LogP contribution in [0.4, 0.5) is 11.6 Å². The highest BCUT2D eigenvalue weighted by molar-refractivity contribution is 7.90. The Bertz CT molecular complexity index is 3540. The number of nitrogens with one attached hydrogen (secondary N) is 2. The number of ether oxygens (including phenoxy) is 2. The molecule has 8 heterocycles. The van der Waals surface area contributed by atoms with Gasteiger partial charge < -0.3 is 18.9 Å². The van der Waals surface area contributed by atoms with Crippen LogP contribution in [0.15, 0.2) is 71.0 Å². The van der Waals surface area contributed by atoms with Gasteiger partial charge in [-0.1, -0.05) is 67.2 Å². The molecule has 2 atom stereocenters. The molecule has 6 aromatic rings. The van der Waals surface area contributed by atoms with E-state index in [9.17, 15) is 26.4 Å². The highest BCUT2D eigenvalue weighted by Crippen LogP contribution is 2.39. The first-order chi connectivity index (χ1) is 39.1. The van der Waals surface area contributed by atoms with Crippen molar-refractivity contribution in [2.45, 2.75) is 123 Å². The Balaban J connectivity index is 0.000000246. The van der Waals surface area contributed by atoms with Gasteiger partial charge in [0.25, 0.3) is 31.9 Å². The quantitative estimate of drug-likeness (QED) is 0.100. The molecule has 0 aliphatic carbocycles. The molecular formula is C50H74N14O8S2Si2. The summed E-state index contributed by atoms with van der Waals surface area (Å²) in [6.07, 6.45) is 4.07. The zero-order chi connectivity index (χ0) is 64.7. The van der Waals surface area contributed by atoms with E-state index < -0.39 is 91.6 Å². The van der Waals surface area contributed by atoms with Gasteiger partial charge >= 0.3 is 0 Å². The minimum absolute atomic E-state index is 0.0342. The lowest BCUT2D eigenvalue weighted by Crippen LogP contribution is -2.45. The van der Waals surface area contributed by atoms with Crippen LogP contribution in [0, 0.1) is 31.1 Å². The molecule has 2 fully saturated rings. The van der Waals surface area contributed by atoms with Crippen LogP contribution in [0.1, 0.15) is 101 Å². The third-order valence-electron chi connectivity index (χ3n) is 11.7. The van der Waals surface area contributed by atoms with Gasteiger partial charge in [0.2, 0.25) is 11.8 Å². The molecule has 2 saturated heterocycles. The van der Waals surface area contributed by atoms with E-state index in [0.717, 1.165) is 0 Å². The van der Waals surface area contributed by atoms with Gasteiger partial charge in [-0.15, -0.1) is 10.2 Å². The van der Waals surface area contributed by atoms with Crippen LogP contribution in [-0.2, 0) is 34.1 Å². The zero-order valence-electron chi connectivity index (χ0n) is 55.2. The maximum Gasteiger partial charge on any atom is 0.268 e. The van der Waals surface area contributed by atoms with Crippen molar-refractivity contribution in [1.82, 2.24) is 58.5 Å². The molecule has 0 aromatic carbocycles. The van der Waals surface area contributed by atoms with Gasteiger partial charge in [-0.05, 0) is 81.6 Å². The predicted molar refractivity (Wildman–Crippen MR) is 296 cm³/mol. The van der Waals surface area contributed by atoms with E-state index in [1.54, 1.807) is 56.3 Å². The number of sulfonamides is 2. The number of rotatable bonds is 15. The second kappa shape index (κ2) is 21.2. The number of hydrogen-bond acceptors (Lipinski definition) is 16. The van der Waals surface area contributed by atoms with E-state index >= 15 is 0 Å². The molecule has 26 heteroatoms. The van der Waals surface area contributed by atoms with Crippen LogP contribution in [0.25, 0.3) is 11.6 Å². The maximum absolute atomic E-state index is 13.6. The summed E-state index contributed by atoms with van der Waals surface area (Å²) in [6.45, 7) is 16.5. The smallest absolute Gasteiger partial charge is 0.268 e. The second-order valence-corrected chi connectivity index (χ2v) is 34.7. The largest absolute Gasteiger partial charge is 0.480 e. The minimum Gasteiger partial charge on any atom is -0.480 e. The van der Waals surface area contributed by atoms with Crippen molar-refractivity contribution in [3.05, 3.63) is 83.7 Å². The molecule has 0 spiro atoms. The van der Waals surface area contributed by atoms with Gasteiger partial charge in [0.15, 0.2) is 19.9 Å². The van der Waals surface area contributed by atoms with Gasteiger partial charge in [0.1, 0.15) is 21.4 Å². The highest BCUT2D eigenvalue weighted by Gasteiger charge is 2.42. The maximum atomic E-state index is 13.6. The summed E-state index contributed by atoms with van der Waals surface area (Å²) in [5.74, 6) is -5.83. The number of aryl methyl sites for hydroxylation is 4. The van der Waals surface area contributed by atoms with Crippen molar-refractivity contribution in [3.63, 3.8) is 0 Å². The summed E-state index contributed by atoms with van der Waals surface area (Å²) >= 11 is 0. The number of anilines is 2. The number of nitrogens with zero attached hydrogens (tertiary/aromatic N) is 12. The Labute approximate surface area is 462 Å². The Hall–Kier alpha value is -6.39. The van der Waals surface area contributed by atoms with Crippen LogP contribution in [0.3, 0.4) is 0 Å². The van der Waals surface area contributed by atoms with Crippen LogP contribution in [0.5, 0.6) is 11.8 Å². The van der Waals surface area contributed by atoms with Gasteiger partial charge in [-0.2, -0.15) is 10.2 Å². The molecule has 2 N–H and O–H groups in total. The Kier molecular flexibility index (Phi) is 12.5. The van der Waals surface area contributed by atoms with Gasteiger partial charge in [-0.3, -0.25) is 19.0 Å². The number of pyridine rings is 2. The van der Waals surface area contributed by atoms with Crippen molar-refractivity contribution in [2.24, 2.45) is 31.3 Å². The highest BCUT2D eigenvalue weighted by atomic mass is 32.2. The third kappa shape index (κ3) is 13.4. The average Bonchev–Trinajstić information content (AvgIpc) is 1.57. The van der Waals surface area contributed by atoms with Crippen molar-refractivity contribution in [1.29, 1.82) is 0 Å². The second-order valence-electron chi connectivity index (χ2n) is 22.1. The van der Waals surface area contributed by atoms with Crippen molar-refractivity contribution in [3.8, 4) is 23.4 Å². The molecule has 412 valence electrons. The SMILES string of the molecule is [2H]C([2H])([2H])[C@@H]1CN(c2nc(-n3ccc(OCC(C)(C)C)n3)ccc2C(=O)NS(=O)(=O)c2cn(C)nc2C)[Si](C)(C)C1([2H])[2H].[2H]C([2H])([2H])[C@@H]1CN(c2nc(-n3ccc(OC[Si](C)(C)C)n3)ccc2C(=O)NS(=O)(=O)c2cn(C)nc2C)C(C)(C)C1([2H])[2H]. The fraction of sp³-hybridized carbons (Fsp3) is 0.520. The van der Waals surface area contributed by atoms with Crippen LogP contribution in [0.2, 0.25) is 38.7 Å². The molecule has 0 unspecified atom stereocenters. The lowest BCUT2D eigenvalue weighted by atomic mass is 9.97. The topological polar surface area (TPSA) is 248 Å². The average molecular weight is 1130 g/mol. The van der Waals surface area contributed by atoms with Gasteiger partial charge in [-0.25, -0.2) is 45.6 Å². The summed E-state index contributed by atoms with van der Waals surface area (Å²) in [5, 5.41) is 16.9. The molecule has 6 aromatic heterocycles. The Morgan fingerprint density at radius 3 is 1.68 bits per heavy atom. The molecule has 0 saturated carbocycles.